The normalized spacial score (nSPS) is 10.2. The molecule has 0 radical (unpaired) electrons. The number of nitrogens with one attached hydrogen (secondary N) is 1. The van der Waals surface area contributed by atoms with Crippen LogP contribution in [0.3, 0.4) is 0 Å². The van der Waals surface area contributed by atoms with Gasteiger partial charge in [0.25, 0.3) is 5.91 Å². The first-order valence-electron chi connectivity index (χ1n) is 5.56. The summed E-state index contributed by atoms with van der Waals surface area (Å²) in [5, 5.41) is 3.23. The van der Waals surface area contributed by atoms with E-state index < -0.39 is 0 Å². The predicted octanol–water partition coefficient (Wildman–Crippen LogP) is 3.60. The lowest BCUT2D eigenvalue weighted by Crippen LogP contribution is -2.13. The minimum absolute atomic E-state index is 0.250. The van der Waals surface area contributed by atoms with Crippen molar-refractivity contribution in [1.82, 2.24) is 4.98 Å². The number of rotatable bonds is 2. The van der Waals surface area contributed by atoms with Crippen molar-refractivity contribution in [3.63, 3.8) is 0 Å². The van der Waals surface area contributed by atoms with Crippen LogP contribution in [-0.2, 0) is 0 Å². The van der Waals surface area contributed by atoms with Gasteiger partial charge in [0.2, 0.25) is 0 Å². The Morgan fingerprint density at radius 3 is 2.72 bits per heavy atom. The summed E-state index contributed by atoms with van der Waals surface area (Å²) in [5.74, 6) is -0.250. The second-order valence-electron chi connectivity index (χ2n) is 4.13. The third kappa shape index (κ3) is 2.68. The molecule has 0 saturated carbocycles. The molecule has 3 nitrogen and oxygen atoms in total. The number of pyridine rings is 1. The maximum atomic E-state index is 12.0. The van der Waals surface area contributed by atoms with E-state index >= 15 is 0 Å². The summed E-state index contributed by atoms with van der Waals surface area (Å²) in [7, 11) is 0. The predicted molar refractivity (Wildman–Crippen MR) is 73.1 cm³/mol. The third-order valence-corrected chi connectivity index (χ3v) is 2.97. The molecule has 1 aromatic carbocycles. The van der Waals surface area contributed by atoms with E-state index in [-0.39, 0.29) is 5.91 Å². The fourth-order valence-corrected chi connectivity index (χ4v) is 1.88. The van der Waals surface area contributed by atoms with Crippen LogP contribution in [0, 0.1) is 13.8 Å². The minimum atomic E-state index is -0.250. The first-order valence-corrected chi connectivity index (χ1v) is 5.94. The van der Waals surface area contributed by atoms with Crippen LogP contribution in [-0.4, -0.2) is 10.9 Å². The van der Waals surface area contributed by atoms with E-state index in [1.807, 2.05) is 32.0 Å². The summed E-state index contributed by atoms with van der Waals surface area (Å²) in [4.78, 5) is 15.9. The minimum Gasteiger partial charge on any atom is -0.322 e. The Labute approximate surface area is 111 Å². The molecule has 2 rings (SSSR count). The van der Waals surface area contributed by atoms with Crippen LogP contribution in [0.15, 0.2) is 36.7 Å². The van der Waals surface area contributed by atoms with Crippen LogP contribution in [0.1, 0.15) is 21.5 Å². The van der Waals surface area contributed by atoms with Crippen molar-refractivity contribution in [3.05, 3.63) is 58.4 Å². The highest BCUT2D eigenvalue weighted by Crippen LogP contribution is 2.19. The highest BCUT2D eigenvalue weighted by Gasteiger charge is 2.11. The molecule has 1 amide bonds. The van der Waals surface area contributed by atoms with Crippen LogP contribution >= 0.6 is 11.6 Å². The summed E-state index contributed by atoms with van der Waals surface area (Å²) >= 11 is 5.95. The van der Waals surface area contributed by atoms with Crippen LogP contribution in [0.25, 0.3) is 0 Å². The van der Waals surface area contributed by atoms with Crippen molar-refractivity contribution < 1.29 is 4.79 Å². The van der Waals surface area contributed by atoms with Gasteiger partial charge in [-0.1, -0.05) is 29.3 Å². The van der Waals surface area contributed by atoms with E-state index in [4.69, 9.17) is 11.6 Å². The van der Waals surface area contributed by atoms with Gasteiger partial charge in [0.1, 0.15) is 0 Å². The maximum Gasteiger partial charge on any atom is 0.258 e. The number of aryl methyl sites for hydroxylation is 2. The van der Waals surface area contributed by atoms with Gasteiger partial charge in [0.15, 0.2) is 0 Å². The van der Waals surface area contributed by atoms with Gasteiger partial charge in [-0.25, -0.2) is 0 Å². The highest BCUT2D eigenvalue weighted by molar-refractivity contribution is 6.34. The van der Waals surface area contributed by atoms with Gasteiger partial charge in [-0.3, -0.25) is 9.78 Å². The van der Waals surface area contributed by atoms with Crippen LogP contribution in [0.5, 0.6) is 0 Å². The number of carbonyl (C=O) groups is 1. The molecule has 0 aliphatic heterocycles. The van der Waals surface area contributed by atoms with Crippen LogP contribution in [0.2, 0.25) is 5.02 Å². The molecule has 0 unspecified atom stereocenters. The van der Waals surface area contributed by atoms with E-state index in [9.17, 15) is 4.79 Å². The Hall–Kier alpha value is -1.87. The van der Waals surface area contributed by atoms with Gasteiger partial charge < -0.3 is 5.32 Å². The van der Waals surface area contributed by atoms with Crippen molar-refractivity contribution in [2.45, 2.75) is 13.8 Å². The lowest BCUT2D eigenvalue weighted by atomic mass is 10.1. The van der Waals surface area contributed by atoms with Gasteiger partial charge in [-0.05, 0) is 31.5 Å². The van der Waals surface area contributed by atoms with E-state index in [0.717, 1.165) is 16.8 Å². The topological polar surface area (TPSA) is 42.0 Å². The largest absolute Gasteiger partial charge is 0.322 e. The molecule has 0 spiro atoms. The molecule has 0 saturated heterocycles. The zero-order valence-corrected chi connectivity index (χ0v) is 11.0. The Morgan fingerprint density at radius 2 is 2.06 bits per heavy atom. The monoisotopic (exact) mass is 260 g/mol. The molecule has 4 heteroatoms. The number of hydrogen-bond acceptors (Lipinski definition) is 2. The Kier molecular flexibility index (Phi) is 3.63. The average Bonchev–Trinajstić information content (AvgIpc) is 2.33. The molecule has 0 fully saturated rings. The SMILES string of the molecule is Cc1ccc(NC(=O)c2cnccc2Cl)c(C)c1. The molecular weight excluding hydrogens is 248 g/mol. The van der Waals surface area contributed by atoms with Gasteiger partial charge in [0.05, 0.1) is 10.6 Å². The summed E-state index contributed by atoms with van der Waals surface area (Å²) < 4.78 is 0. The number of amides is 1. The molecule has 0 atom stereocenters. The summed E-state index contributed by atoms with van der Waals surface area (Å²) in [5.41, 5.74) is 3.33. The Balaban J connectivity index is 2.24. The van der Waals surface area contributed by atoms with E-state index in [1.54, 1.807) is 12.3 Å². The van der Waals surface area contributed by atoms with Crippen molar-refractivity contribution in [2.24, 2.45) is 0 Å². The molecule has 1 N–H and O–H groups in total. The van der Waals surface area contributed by atoms with Crippen molar-refractivity contribution >= 4 is 23.2 Å². The van der Waals surface area contributed by atoms with Crippen LogP contribution < -0.4 is 5.32 Å². The number of carbonyl (C=O) groups excluding carboxylic acids is 1. The summed E-state index contributed by atoms with van der Waals surface area (Å²) in [6.45, 7) is 3.96. The van der Waals surface area contributed by atoms with Gasteiger partial charge in [0, 0.05) is 18.1 Å². The number of aromatic nitrogens is 1. The summed E-state index contributed by atoms with van der Waals surface area (Å²) in [6, 6.07) is 7.44. The first kappa shape index (κ1) is 12.6. The van der Waals surface area contributed by atoms with Crippen molar-refractivity contribution in [3.8, 4) is 0 Å². The molecule has 1 heterocycles. The molecule has 0 bridgehead atoms. The Bertz CT molecular complexity index is 596. The standard InChI is InChI=1S/C14H13ClN2O/c1-9-3-4-13(10(2)7-9)17-14(18)11-8-16-6-5-12(11)15/h3-8H,1-2H3,(H,17,18). The lowest BCUT2D eigenvalue weighted by Gasteiger charge is -2.09. The second-order valence-corrected chi connectivity index (χ2v) is 4.54. The molecule has 0 aliphatic carbocycles. The second kappa shape index (κ2) is 5.19. The Morgan fingerprint density at radius 1 is 1.28 bits per heavy atom. The zero-order valence-electron chi connectivity index (χ0n) is 10.2. The highest BCUT2D eigenvalue weighted by atomic mass is 35.5. The molecule has 1 aromatic heterocycles. The van der Waals surface area contributed by atoms with Crippen LogP contribution in [0.4, 0.5) is 5.69 Å². The first-order chi connectivity index (χ1) is 8.58. The molecule has 92 valence electrons. The van der Waals surface area contributed by atoms with Gasteiger partial charge >= 0.3 is 0 Å². The van der Waals surface area contributed by atoms with Gasteiger partial charge in [-0.2, -0.15) is 0 Å². The third-order valence-electron chi connectivity index (χ3n) is 2.64. The quantitative estimate of drug-likeness (QED) is 0.896. The lowest BCUT2D eigenvalue weighted by molar-refractivity contribution is 0.102. The van der Waals surface area contributed by atoms with Crippen molar-refractivity contribution in [2.75, 3.05) is 5.32 Å². The average molecular weight is 261 g/mol. The van der Waals surface area contributed by atoms with Gasteiger partial charge in [-0.15, -0.1) is 0 Å². The van der Waals surface area contributed by atoms with E-state index in [2.05, 4.69) is 10.3 Å². The van der Waals surface area contributed by atoms with E-state index in [1.165, 1.54) is 6.20 Å². The number of nitrogens with zero attached hydrogens (tertiary/aromatic N) is 1. The van der Waals surface area contributed by atoms with Crippen molar-refractivity contribution in [1.29, 1.82) is 0 Å². The maximum absolute atomic E-state index is 12.0. The fraction of sp³-hybridized carbons (Fsp3) is 0.143. The fourth-order valence-electron chi connectivity index (χ4n) is 1.69. The molecule has 2 aromatic rings. The zero-order chi connectivity index (χ0) is 13.1. The molecular formula is C14H13ClN2O. The van der Waals surface area contributed by atoms with E-state index in [0.29, 0.717) is 10.6 Å². The summed E-state index contributed by atoms with van der Waals surface area (Å²) in [6.07, 6.45) is 3.01. The molecule has 0 aliphatic rings. The number of halogens is 1. The number of benzene rings is 1. The smallest absolute Gasteiger partial charge is 0.258 e. The molecule has 18 heavy (non-hydrogen) atoms. The number of hydrogen-bond donors (Lipinski definition) is 1. The number of anilines is 1.